The van der Waals surface area contributed by atoms with Crippen molar-refractivity contribution in [3.05, 3.63) is 30.1 Å². The molecule has 3 fully saturated rings. The number of fused-ring (bicyclic) bond motifs is 1. The van der Waals surface area contributed by atoms with Gasteiger partial charge in [0.15, 0.2) is 0 Å². The number of pyridine rings is 1. The molecule has 2 saturated carbocycles. The maximum atomic E-state index is 12.5. The van der Waals surface area contributed by atoms with E-state index in [-0.39, 0.29) is 46.5 Å². The number of halogens is 1. The van der Waals surface area contributed by atoms with E-state index < -0.39 is 0 Å². The molecule has 0 aromatic carbocycles. The molecule has 1 N–H and O–H groups in total. The zero-order valence-corrected chi connectivity index (χ0v) is 12.8. The summed E-state index contributed by atoms with van der Waals surface area (Å²) in [5.74, 6) is -0.342. The van der Waals surface area contributed by atoms with Gasteiger partial charge in [-0.1, -0.05) is 22.0 Å². The third-order valence-corrected chi connectivity index (χ3v) is 6.22. The van der Waals surface area contributed by atoms with Crippen LogP contribution in [0.4, 0.5) is 0 Å². The molecule has 6 heteroatoms. The van der Waals surface area contributed by atoms with Crippen LogP contribution in [0.3, 0.4) is 0 Å². The molecule has 1 aliphatic heterocycles. The van der Waals surface area contributed by atoms with Crippen molar-refractivity contribution in [3.8, 4) is 0 Å². The number of alkyl halides is 1. The molecular formula is C15H15BrN2O3. The molecule has 1 aromatic heterocycles. The second-order valence-electron chi connectivity index (χ2n) is 6.04. The Morgan fingerprint density at radius 3 is 3.10 bits per heavy atom. The average molecular weight is 351 g/mol. The van der Waals surface area contributed by atoms with Crippen LogP contribution >= 0.6 is 15.9 Å². The number of carbonyl (C=O) groups excluding carboxylic acids is 2. The predicted octanol–water partition coefficient (Wildman–Crippen LogP) is 1.27. The average Bonchev–Trinajstić information content (AvgIpc) is 3.10. The molecule has 1 amide bonds. The first-order chi connectivity index (χ1) is 10.2. The molecule has 2 aliphatic carbocycles. The lowest BCUT2D eigenvalue weighted by atomic mass is 9.79. The van der Waals surface area contributed by atoms with Gasteiger partial charge in [-0.25, -0.2) is 0 Å². The van der Waals surface area contributed by atoms with E-state index >= 15 is 0 Å². The Labute approximate surface area is 130 Å². The Balaban J connectivity index is 1.49. The second-order valence-corrected chi connectivity index (χ2v) is 7.10. The smallest absolute Gasteiger partial charge is 0.310 e. The number of rotatable bonds is 3. The summed E-state index contributed by atoms with van der Waals surface area (Å²) in [6.07, 6.45) is 4.30. The summed E-state index contributed by atoms with van der Waals surface area (Å²) in [6, 6.07) is 3.76. The summed E-state index contributed by atoms with van der Waals surface area (Å²) >= 11 is 3.61. The van der Waals surface area contributed by atoms with Crippen LogP contribution in [-0.2, 0) is 20.9 Å². The highest BCUT2D eigenvalue weighted by Crippen LogP contribution is 2.59. The minimum atomic E-state index is -0.262. The fourth-order valence-corrected chi connectivity index (χ4v) is 5.18. The van der Waals surface area contributed by atoms with Crippen molar-refractivity contribution in [2.75, 3.05) is 0 Å². The lowest BCUT2D eigenvalue weighted by Gasteiger charge is -2.27. The molecule has 2 heterocycles. The fraction of sp³-hybridized carbons (Fsp3) is 0.533. The zero-order chi connectivity index (χ0) is 14.6. The predicted molar refractivity (Wildman–Crippen MR) is 77.3 cm³/mol. The lowest BCUT2D eigenvalue weighted by molar-refractivity contribution is -0.145. The first kappa shape index (κ1) is 13.2. The van der Waals surface area contributed by atoms with Gasteiger partial charge in [-0.15, -0.1) is 0 Å². The maximum absolute atomic E-state index is 12.5. The van der Waals surface area contributed by atoms with Gasteiger partial charge < -0.3 is 10.1 Å². The van der Waals surface area contributed by atoms with E-state index in [1.54, 1.807) is 12.4 Å². The van der Waals surface area contributed by atoms with E-state index in [0.717, 1.165) is 12.0 Å². The Bertz CT molecular complexity index is 594. The normalized spacial score (nSPS) is 39.4. The van der Waals surface area contributed by atoms with Gasteiger partial charge in [0.05, 0.1) is 16.7 Å². The first-order valence-electron chi connectivity index (χ1n) is 7.18. The van der Waals surface area contributed by atoms with Gasteiger partial charge in [0, 0.05) is 24.9 Å². The highest BCUT2D eigenvalue weighted by atomic mass is 79.9. The molecule has 110 valence electrons. The van der Waals surface area contributed by atoms with Gasteiger partial charge in [-0.2, -0.15) is 0 Å². The molecule has 3 aliphatic rings. The molecule has 0 spiro atoms. The number of carbonyl (C=O) groups is 2. The van der Waals surface area contributed by atoms with Crippen molar-refractivity contribution in [1.29, 1.82) is 0 Å². The van der Waals surface area contributed by atoms with Crippen LogP contribution in [0.1, 0.15) is 12.0 Å². The Morgan fingerprint density at radius 2 is 2.33 bits per heavy atom. The molecule has 1 saturated heterocycles. The Hall–Kier alpha value is -1.43. The Morgan fingerprint density at radius 1 is 1.48 bits per heavy atom. The highest BCUT2D eigenvalue weighted by Gasteiger charge is 2.67. The quantitative estimate of drug-likeness (QED) is 0.658. The highest BCUT2D eigenvalue weighted by molar-refractivity contribution is 9.09. The summed E-state index contributed by atoms with van der Waals surface area (Å²) < 4.78 is 5.42. The van der Waals surface area contributed by atoms with Crippen molar-refractivity contribution in [2.45, 2.75) is 23.9 Å². The lowest BCUT2D eigenvalue weighted by Crippen LogP contribution is -2.43. The molecule has 4 rings (SSSR count). The van der Waals surface area contributed by atoms with E-state index in [0.29, 0.717) is 6.54 Å². The number of amides is 1. The van der Waals surface area contributed by atoms with Crippen LogP contribution in [-0.4, -0.2) is 27.8 Å². The fourth-order valence-electron chi connectivity index (χ4n) is 4.14. The summed E-state index contributed by atoms with van der Waals surface area (Å²) in [7, 11) is 0. The standard InChI is InChI=1S/C15H15BrN2O3/c16-12-8-4-9-11(15(20)21-13(9)12)10(8)14(19)18-6-7-2-1-3-17-5-7/h1-3,5,8-13H,4,6H2,(H,18,19)/t8-,9-,10-,11+,12-,13+/m1/s1. The van der Waals surface area contributed by atoms with Gasteiger partial charge in [0.2, 0.25) is 5.91 Å². The van der Waals surface area contributed by atoms with Crippen molar-refractivity contribution < 1.29 is 14.3 Å². The summed E-state index contributed by atoms with van der Waals surface area (Å²) in [5.41, 5.74) is 0.955. The van der Waals surface area contributed by atoms with Gasteiger partial charge >= 0.3 is 5.97 Å². The van der Waals surface area contributed by atoms with E-state index in [2.05, 4.69) is 26.2 Å². The molecular weight excluding hydrogens is 336 g/mol. The van der Waals surface area contributed by atoms with E-state index in [9.17, 15) is 9.59 Å². The molecule has 6 atom stereocenters. The number of nitrogens with one attached hydrogen (secondary N) is 1. The molecule has 0 radical (unpaired) electrons. The molecule has 5 nitrogen and oxygen atoms in total. The third-order valence-electron chi connectivity index (χ3n) is 5.02. The molecule has 2 bridgehead atoms. The van der Waals surface area contributed by atoms with Gasteiger partial charge in [0.1, 0.15) is 6.10 Å². The Kier molecular flexibility index (Phi) is 3.03. The number of nitrogens with zero attached hydrogens (tertiary/aromatic N) is 1. The first-order valence-corrected chi connectivity index (χ1v) is 8.09. The van der Waals surface area contributed by atoms with Crippen LogP contribution in [0.5, 0.6) is 0 Å². The van der Waals surface area contributed by atoms with E-state index in [4.69, 9.17) is 4.74 Å². The summed E-state index contributed by atoms with van der Waals surface area (Å²) in [6.45, 7) is 0.443. The SMILES string of the molecule is O=C(NCc1cccnc1)[C@@H]1[C@H]2C[C@H]3[C@H](OC(=O)[C@@H]31)[C@@H]2Br. The van der Waals surface area contributed by atoms with Crippen molar-refractivity contribution >= 4 is 27.8 Å². The number of esters is 1. The second kappa shape index (κ2) is 4.80. The zero-order valence-electron chi connectivity index (χ0n) is 11.2. The topological polar surface area (TPSA) is 68.3 Å². The third kappa shape index (κ3) is 1.92. The van der Waals surface area contributed by atoms with Crippen LogP contribution in [0, 0.1) is 23.7 Å². The monoisotopic (exact) mass is 350 g/mol. The van der Waals surface area contributed by atoms with Crippen LogP contribution < -0.4 is 5.32 Å². The number of hydrogen-bond donors (Lipinski definition) is 1. The number of ether oxygens (including phenoxy) is 1. The van der Waals surface area contributed by atoms with Crippen LogP contribution in [0.25, 0.3) is 0 Å². The summed E-state index contributed by atoms with van der Waals surface area (Å²) in [5, 5.41) is 2.94. The van der Waals surface area contributed by atoms with E-state index in [1.165, 1.54) is 0 Å². The van der Waals surface area contributed by atoms with E-state index in [1.807, 2.05) is 12.1 Å². The molecule has 1 aromatic rings. The minimum Gasteiger partial charge on any atom is -0.461 e. The molecule has 21 heavy (non-hydrogen) atoms. The largest absolute Gasteiger partial charge is 0.461 e. The minimum absolute atomic E-state index is 0.0325. The number of aromatic nitrogens is 1. The van der Waals surface area contributed by atoms with Gasteiger partial charge in [0.25, 0.3) is 0 Å². The van der Waals surface area contributed by atoms with Gasteiger partial charge in [-0.3, -0.25) is 14.6 Å². The van der Waals surface area contributed by atoms with Crippen LogP contribution in [0.2, 0.25) is 0 Å². The van der Waals surface area contributed by atoms with Crippen molar-refractivity contribution in [3.63, 3.8) is 0 Å². The van der Waals surface area contributed by atoms with Crippen molar-refractivity contribution in [2.24, 2.45) is 23.7 Å². The van der Waals surface area contributed by atoms with Crippen molar-refractivity contribution in [1.82, 2.24) is 10.3 Å². The maximum Gasteiger partial charge on any atom is 0.310 e. The van der Waals surface area contributed by atoms with Crippen LogP contribution in [0.15, 0.2) is 24.5 Å². The van der Waals surface area contributed by atoms with Gasteiger partial charge in [-0.05, 0) is 24.0 Å². The summed E-state index contributed by atoms with van der Waals surface area (Å²) in [4.78, 5) is 28.7. The number of hydrogen-bond acceptors (Lipinski definition) is 4. The molecule has 0 unspecified atom stereocenters.